The van der Waals surface area contributed by atoms with Crippen LogP contribution in [0, 0.1) is 11.3 Å². The molecule has 0 atom stereocenters. The molecular formula is C17H21N3O2. The fraction of sp³-hybridized carbons (Fsp3) is 0.471. The van der Waals surface area contributed by atoms with E-state index in [0.717, 1.165) is 25.9 Å². The minimum atomic E-state index is -0.0608. The van der Waals surface area contributed by atoms with Crippen LogP contribution in [0.1, 0.15) is 48.5 Å². The molecule has 0 spiro atoms. The molecule has 0 saturated carbocycles. The Labute approximate surface area is 130 Å². The SMILES string of the molecule is CC(=O)c1ccc(C#N)cc1NCCC(=O)N1CCCCC1. The second-order valence-electron chi connectivity index (χ2n) is 5.55. The summed E-state index contributed by atoms with van der Waals surface area (Å²) >= 11 is 0. The van der Waals surface area contributed by atoms with Crippen LogP contribution in [0.15, 0.2) is 18.2 Å². The second-order valence-corrected chi connectivity index (χ2v) is 5.55. The number of likely N-dealkylation sites (tertiary alicyclic amines) is 1. The van der Waals surface area contributed by atoms with Gasteiger partial charge in [0.05, 0.1) is 11.6 Å². The largest absolute Gasteiger partial charge is 0.384 e. The lowest BCUT2D eigenvalue weighted by atomic mass is 10.1. The molecule has 0 aliphatic carbocycles. The van der Waals surface area contributed by atoms with E-state index in [2.05, 4.69) is 11.4 Å². The number of nitrogens with zero attached hydrogens (tertiary/aromatic N) is 2. The van der Waals surface area contributed by atoms with E-state index in [1.54, 1.807) is 18.2 Å². The lowest BCUT2D eigenvalue weighted by molar-refractivity contribution is -0.131. The molecule has 2 rings (SSSR count). The number of hydrogen-bond acceptors (Lipinski definition) is 4. The smallest absolute Gasteiger partial charge is 0.224 e. The Morgan fingerprint density at radius 2 is 2.00 bits per heavy atom. The summed E-state index contributed by atoms with van der Waals surface area (Å²) in [5.74, 6) is 0.0855. The van der Waals surface area contributed by atoms with Crippen LogP contribution in [-0.2, 0) is 4.79 Å². The van der Waals surface area contributed by atoms with Crippen molar-refractivity contribution in [2.45, 2.75) is 32.6 Å². The number of Topliss-reactive ketones (excluding diaryl/α,β-unsaturated/α-hetero) is 1. The van der Waals surface area contributed by atoms with Gasteiger partial charge in [0, 0.05) is 37.3 Å². The number of hydrogen-bond donors (Lipinski definition) is 1. The average molecular weight is 299 g/mol. The molecule has 1 aliphatic rings. The maximum absolute atomic E-state index is 12.1. The minimum Gasteiger partial charge on any atom is -0.384 e. The highest BCUT2D eigenvalue weighted by Crippen LogP contribution is 2.18. The molecule has 22 heavy (non-hydrogen) atoms. The molecule has 0 aromatic heterocycles. The van der Waals surface area contributed by atoms with Crippen molar-refractivity contribution in [3.05, 3.63) is 29.3 Å². The highest BCUT2D eigenvalue weighted by atomic mass is 16.2. The van der Waals surface area contributed by atoms with Gasteiger partial charge in [0.1, 0.15) is 0 Å². The minimum absolute atomic E-state index is 0.0608. The maximum Gasteiger partial charge on any atom is 0.224 e. The molecule has 1 heterocycles. The Kier molecular flexibility index (Phi) is 5.54. The Morgan fingerprint density at radius 1 is 1.27 bits per heavy atom. The standard InChI is InChI=1S/C17H21N3O2/c1-13(21)15-6-5-14(12-18)11-16(15)19-8-7-17(22)20-9-3-2-4-10-20/h5-6,11,19H,2-4,7-10H2,1H3. The normalized spacial score (nSPS) is 14.3. The first-order valence-electron chi connectivity index (χ1n) is 7.68. The van der Waals surface area contributed by atoms with Gasteiger partial charge in [-0.1, -0.05) is 0 Å². The van der Waals surface area contributed by atoms with Crippen LogP contribution in [0.2, 0.25) is 0 Å². The number of anilines is 1. The highest BCUT2D eigenvalue weighted by molar-refractivity contribution is 5.99. The predicted octanol–water partition coefficient (Wildman–Crippen LogP) is 2.58. The molecule has 116 valence electrons. The van der Waals surface area contributed by atoms with Gasteiger partial charge in [-0.2, -0.15) is 5.26 Å². The van der Waals surface area contributed by atoms with E-state index >= 15 is 0 Å². The zero-order chi connectivity index (χ0) is 15.9. The maximum atomic E-state index is 12.1. The van der Waals surface area contributed by atoms with Crippen LogP contribution in [0.5, 0.6) is 0 Å². The van der Waals surface area contributed by atoms with Crippen LogP contribution < -0.4 is 5.32 Å². The number of amides is 1. The zero-order valence-corrected chi connectivity index (χ0v) is 12.9. The van der Waals surface area contributed by atoms with E-state index < -0.39 is 0 Å². The molecule has 5 nitrogen and oxygen atoms in total. The monoisotopic (exact) mass is 299 g/mol. The van der Waals surface area contributed by atoms with Gasteiger partial charge in [0.2, 0.25) is 5.91 Å². The van der Waals surface area contributed by atoms with Crippen molar-refractivity contribution < 1.29 is 9.59 Å². The summed E-state index contributed by atoms with van der Waals surface area (Å²) in [5, 5.41) is 12.1. The lowest BCUT2D eigenvalue weighted by Crippen LogP contribution is -2.36. The van der Waals surface area contributed by atoms with Gasteiger partial charge < -0.3 is 10.2 Å². The summed E-state index contributed by atoms with van der Waals surface area (Å²) in [6, 6.07) is 6.99. The van der Waals surface area contributed by atoms with Crippen molar-refractivity contribution in [2.24, 2.45) is 0 Å². The Bertz CT molecular complexity index is 598. The Hall–Kier alpha value is -2.35. The third kappa shape index (κ3) is 4.08. The van der Waals surface area contributed by atoms with Gasteiger partial charge in [-0.05, 0) is 44.4 Å². The molecule has 0 bridgehead atoms. The molecule has 1 aliphatic heterocycles. The van der Waals surface area contributed by atoms with Gasteiger partial charge in [-0.3, -0.25) is 9.59 Å². The van der Waals surface area contributed by atoms with Gasteiger partial charge in [-0.15, -0.1) is 0 Å². The van der Waals surface area contributed by atoms with Crippen LogP contribution >= 0.6 is 0 Å². The van der Waals surface area contributed by atoms with E-state index in [4.69, 9.17) is 5.26 Å². The fourth-order valence-electron chi connectivity index (χ4n) is 2.67. The summed E-state index contributed by atoms with van der Waals surface area (Å²) in [6.45, 7) is 3.65. The summed E-state index contributed by atoms with van der Waals surface area (Å²) in [7, 11) is 0. The predicted molar refractivity (Wildman–Crippen MR) is 84.7 cm³/mol. The van der Waals surface area contributed by atoms with Gasteiger partial charge in [-0.25, -0.2) is 0 Å². The van der Waals surface area contributed by atoms with Crippen molar-refractivity contribution in [3.8, 4) is 6.07 Å². The number of nitriles is 1. The first-order valence-corrected chi connectivity index (χ1v) is 7.68. The van der Waals surface area contributed by atoms with Crippen molar-refractivity contribution in [1.29, 1.82) is 5.26 Å². The summed E-state index contributed by atoms with van der Waals surface area (Å²) in [5.41, 5.74) is 1.66. The Morgan fingerprint density at radius 3 is 2.64 bits per heavy atom. The lowest BCUT2D eigenvalue weighted by Gasteiger charge is -2.26. The number of nitrogens with one attached hydrogen (secondary N) is 1. The van der Waals surface area contributed by atoms with E-state index in [1.165, 1.54) is 13.3 Å². The van der Waals surface area contributed by atoms with E-state index in [9.17, 15) is 9.59 Å². The molecule has 1 saturated heterocycles. The van der Waals surface area contributed by atoms with E-state index in [0.29, 0.717) is 29.8 Å². The number of carbonyl (C=O) groups excluding carboxylic acids is 2. The molecule has 1 aromatic rings. The molecule has 1 N–H and O–H groups in total. The molecule has 0 radical (unpaired) electrons. The van der Waals surface area contributed by atoms with E-state index in [1.807, 2.05) is 4.90 Å². The number of piperidine rings is 1. The van der Waals surface area contributed by atoms with Gasteiger partial charge in [0.15, 0.2) is 5.78 Å². The first kappa shape index (κ1) is 16.0. The average Bonchev–Trinajstić information content (AvgIpc) is 2.55. The van der Waals surface area contributed by atoms with Crippen LogP contribution in [0.4, 0.5) is 5.69 Å². The molecule has 1 aromatic carbocycles. The zero-order valence-electron chi connectivity index (χ0n) is 12.9. The topological polar surface area (TPSA) is 73.2 Å². The van der Waals surface area contributed by atoms with Crippen molar-refractivity contribution >= 4 is 17.4 Å². The number of rotatable bonds is 5. The third-order valence-corrected chi connectivity index (χ3v) is 3.89. The first-order chi connectivity index (χ1) is 10.6. The van der Waals surface area contributed by atoms with Gasteiger partial charge in [0.25, 0.3) is 0 Å². The quantitative estimate of drug-likeness (QED) is 0.848. The fourth-order valence-corrected chi connectivity index (χ4v) is 2.67. The molecular weight excluding hydrogens is 278 g/mol. The number of carbonyl (C=O) groups is 2. The van der Waals surface area contributed by atoms with Crippen LogP contribution in [-0.4, -0.2) is 36.2 Å². The second kappa shape index (κ2) is 7.60. The molecule has 5 heteroatoms. The highest BCUT2D eigenvalue weighted by Gasteiger charge is 2.16. The van der Waals surface area contributed by atoms with Crippen LogP contribution in [0.25, 0.3) is 0 Å². The summed E-state index contributed by atoms with van der Waals surface area (Å²) in [4.78, 5) is 25.6. The van der Waals surface area contributed by atoms with Crippen LogP contribution in [0.3, 0.4) is 0 Å². The number of ketones is 1. The summed E-state index contributed by atoms with van der Waals surface area (Å²) < 4.78 is 0. The van der Waals surface area contributed by atoms with Crippen molar-refractivity contribution in [3.63, 3.8) is 0 Å². The molecule has 1 amide bonds. The summed E-state index contributed by atoms with van der Waals surface area (Å²) in [6.07, 6.45) is 3.76. The Balaban J connectivity index is 1.94. The van der Waals surface area contributed by atoms with Gasteiger partial charge >= 0.3 is 0 Å². The number of benzene rings is 1. The van der Waals surface area contributed by atoms with Crippen molar-refractivity contribution in [2.75, 3.05) is 25.0 Å². The molecule has 0 unspecified atom stereocenters. The molecule has 1 fully saturated rings. The van der Waals surface area contributed by atoms with Crippen molar-refractivity contribution in [1.82, 2.24) is 4.90 Å². The van der Waals surface area contributed by atoms with E-state index in [-0.39, 0.29) is 11.7 Å². The third-order valence-electron chi connectivity index (χ3n) is 3.89.